The molecule has 1 rings (SSSR count). The van der Waals surface area contributed by atoms with E-state index in [4.69, 9.17) is 23.2 Å². The lowest BCUT2D eigenvalue weighted by atomic mass is 9.76. The Morgan fingerprint density at radius 1 is 1.42 bits per heavy atom. The molecular weight excluding hydrogens is 191 g/mol. The van der Waals surface area contributed by atoms with Crippen molar-refractivity contribution in [1.29, 1.82) is 0 Å². The molecule has 0 saturated heterocycles. The van der Waals surface area contributed by atoms with Crippen molar-refractivity contribution in [3.8, 4) is 0 Å². The zero-order chi connectivity index (χ0) is 9.41. The zero-order valence-corrected chi connectivity index (χ0v) is 9.21. The van der Waals surface area contributed by atoms with Crippen molar-refractivity contribution in [2.24, 2.45) is 5.41 Å². The van der Waals surface area contributed by atoms with Gasteiger partial charge in [0.1, 0.15) is 0 Å². The van der Waals surface area contributed by atoms with Crippen LogP contribution in [0.3, 0.4) is 0 Å². The Hall–Kier alpha value is 0.0600. The fourth-order valence-corrected chi connectivity index (χ4v) is 1.75. The van der Waals surface area contributed by atoms with E-state index in [0.717, 1.165) is 11.5 Å². The van der Waals surface area contributed by atoms with E-state index in [2.05, 4.69) is 20.8 Å². The van der Waals surface area contributed by atoms with Gasteiger partial charge in [-0.05, 0) is 11.5 Å². The molecule has 0 heterocycles. The van der Waals surface area contributed by atoms with Crippen LogP contribution in [0.2, 0.25) is 0 Å². The molecule has 0 aromatic heterocycles. The second-order valence-electron chi connectivity index (χ2n) is 4.26. The SMILES string of the molecule is CC(C)(C)C1(Cl)C=CC=C(Cl)C1. The lowest BCUT2D eigenvalue weighted by Gasteiger charge is -2.38. The highest BCUT2D eigenvalue weighted by atomic mass is 35.5. The van der Waals surface area contributed by atoms with Gasteiger partial charge in [-0.15, -0.1) is 11.6 Å². The standard InChI is InChI=1S/C10H14Cl2/c1-9(2,3)10(12)6-4-5-8(11)7-10/h4-6H,7H2,1-3H3. The fourth-order valence-electron chi connectivity index (χ4n) is 1.18. The minimum atomic E-state index is -0.321. The quantitative estimate of drug-likeness (QED) is 0.522. The third-order valence-electron chi connectivity index (χ3n) is 2.31. The maximum absolute atomic E-state index is 6.43. The van der Waals surface area contributed by atoms with Gasteiger partial charge in [0.05, 0.1) is 4.87 Å². The summed E-state index contributed by atoms with van der Waals surface area (Å²) in [4.78, 5) is -0.321. The van der Waals surface area contributed by atoms with Crippen LogP contribution in [0, 0.1) is 5.41 Å². The van der Waals surface area contributed by atoms with Gasteiger partial charge < -0.3 is 0 Å². The van der Waals surface area contributed by atoms with Gasteiger partial charge in [-0.3, -0.25) is 0 Å². The number of allylic oxidation sites excluding steroid dienone is 4. The van der Waals surface area contributed by atoms with Gasteiger partial charge in [0, 0.05) is 11.5 Å². The highest BCUT2D eigenvalue weighted by Crippen LogP contribution is 2.44. The van der Waals surface area contributed by atoms with Crippen molar-refractivity contribution >= 4 is 23.2 Å². The second kappa shape index (κ2) is 3.08. The maximum atomic E-state index is 6.43. The molecular formula is C10H14Cl2. The van der Waals surface area contributed by atoms with E-state index in [0.29, 0.717) is 0 Å². The largest absolute Gasteiger partial charge is 0.114 e. The summed E-state index contributed by atoms with van der Waals surface area (Å²) in [5.74, 6) is 0. The average Bonchev–Trinajstić information content (AvgIpc) is 1.83. The van der Waals surface area contributed by atoms with E-state index in [1.165, 1.54) is 0 Å². The minimum Gasteiger partial charge on any atom is -0.114 e. The Kier molecular flexibility index (Phi) is 2.60. The van der Waals surface area contributed by atoms with Crippen molar-refractivity contribution < 1.29 is 0 Å². The molecule has 0 aromatic carbocycles. The summed E-state index contributed by atoms with van der Waals surface area (Å²) in [6.45, 7) is 6.37. The molecule has 0 fully saturated rings. The van der Waals surface area contributed by atoms with Crippen molar-refractivity contribution in [2.75, 3.05) is 0 Å². The zero-order valence-electron chi connectivity index (χ0n) is 7.70. The van der Waals surface area contributed by atoms with Crippen LogP contribution in [0.5, 0.6) is 0 Å². The van der Waals surface area contributed by atoms with Crippen molar-refractivity contribution in [3.05, 3.63) is 23.3 Å². The predicted molar refractivity (Wildman–Crippen MR) is 55.7 cm³/mol. The second-order valence-corrected chi connectivity index (χ2v) is 5.42. The smallest absolute Gasteiger partial charge is 0.0725 e. The maximum Gasteiger partial charge on any atom is 0.0725 e. The molecule has 0 aromatic rings. The van der Waals surface area contributed by atoms with Gasteiger partial charge in [0.15, 0.2) is 0 Å². The minimum absolute atomic E-state index is 0.0411. The Labute approximate surface area is 84.2 Å². The molecule has 0 bridgehead atoms. The molecule has 0 nitrogen and oxygen atoms in total. The number of hydrogen-bond acceptors (Lipinski definition) is 0. The first-order valence-corrected chi connectivity index (χ1v) is 4.84. The van der Waals surface area contributed by atoms with Crippen LogP contribution in [0.25, 0.3) is 0 Å². The van der Waals surface area contributed by atoms with Gasteiger partial charge in [0.2, 0.25) is 0 Å². The van der Waals surface area contributed by atoms with Gasteiger partial charge in [-0.25, -0.2) is 0 Å². The lowest BCUT2D eigenvalue weighted by Crippen LogP contribution is -2.36. The Morgan fingerprint density at radius 2 is 2.00 bits per heavy atom. The molecule has 1 atom stereocenters. The van der Waals surface area contributed by atoms with Crippen LogP contribution in [0.1, 0.15) is 27.2 Å². The van der Waals surface area contributed by atoms with Crippen LogP contribution >= 0.6 is 23.2 Å². The van der Waals surface area contributed by atoms with E-state index >= 15 is 0 Å². The van der Waals surface area contributed by atoms with Crippen LogP contribution in [0.4, 0.5) is 0 Å². The summed E-state index contributed by atoms with van der Waals surface area (Å²) in [6.07, 6.45) is 6.59. The first-order valence-electron chi connectivity index (χ1n) is 4.08. The predicted octanol–water partition coefficient (Wildman–Crippen LogP) is 4.09. The number of hydrogen-bond donors (Lipinski definition) is 0. The molecule has 0 aliphatic heterocycles. The molecule has 1 aliphatic carbocycles. The molecule has 1 aliphatic rings. The average molecular weight is 205 g/mol. The van der Waals surface area contributed by atoms with Crippen molar-refractivity contribution in [1.82, 2.24) is 0 Å². The summed E-state index contributed by atoms with van der Waals surface area (Å²) in [7, 11) is 0. The summed E-state index contributed by atoms with van der Waals surface area (Å²) in [6, 6.07) is 0. The Balaban J connectivity index is 2.90. The molecule has 1 unspecified atom stereocenters. The lowest BCUT2D eigenvalue weighted by molar-refractivity contribution is 0.320. The number of halogens is 2. The monoisotopic (exact) mass is 204 g/mol. The highest BCUT2D eigenvalue weighted by Gasteiger charge is 2.39. The van der Waals surface area contributed by atoms with E-state index < -0.39 is 0 Å². The van der Waals surface area contributed by atoms with Gasteiger partial charge >= 0.3 is 0 Å². The first-order chi connectivity index (χ1) is 5.35. The highest BCUT2D eigenvalue weighted by molar-refractivity contribution is 6.32. The van der Waals surface area contributed by atoms with E-state index in [-0.39, 0.29) is 10.3 Å². The van der Waals surface area contributed by atoms with Crippen molar-refractivity contribution in [2.45, 2.75) is 32.1 Å². The third-order valence-corrected chi connectivity index (χ3v) is 3.40. The number of alkyl halides is 1. The van der Waals surface area contributed by atoms with Crippen molar-refractivity contribution in [3.63, 3.8) is 0 Å². The van der Waals surface area contributed by atoms with E-state index in [1.807, 2.05) is 18.2 Å². The van der Waals surface area contributed by atoms with Gasteiger partial charge in [-0.2, -0.15) is 0 Å². The molecule has 0 spiro atoms. The molecule has 0 saturated carbocycles. The normalized spacial score (nSPS) is 30.2. The number of rotatable bonds is 0. The van der Waals surface area contributed by atoms with Crippen LogP contribution in [0.15, 0.2) is 23.3 Å². The molecule has 12 heavy (non-hydrogen) atoms. The van der Waals surface area contributed by atoms with Gasteiger partial charge in [-0.1, -0.05) is 44.5 Å². The van der Waals surface area contributed by atoms with Crippen LogP contribution < -0.4 is 0 Å². The summed E-state index contributed by atoms with van der Waals surface area (Å²) >= 11 is 12.4. The summed E-state index contributed by atoms with van der Waals surface area (Å²) in [5.41, 5.74) is 0.0411. The Morgan fingerprint density at radius 3 is 2.33 bits per heavy atom. The van der Waals surface area contributed by atoms with Gasteiger partial charge in [0.25, 0.3) is 0 Å². The molecule has 0 radical (unpaired) electrons. The summed E-state index contributed by atoms with van der Waals surface area (Å²) in [5, 5.41) is 0.836. The first kappa shape index (κ1) is 10.1. The van der Waals surface area contributed by atoms with E-state index in [1.54, 1.807) is 0 Å². The van der Waals surface area contributed by atoms with E-state index in [9.17, 15) is 0 Å². The summed E-state index contributed by atoms with van der Waals surface area (Å²) < 4.78 is 0. The topological polar surface area (TPSA) is 0 Å². The fraction of sp³-hybridized carbons (Fsp3) is 0.600. The molecule has 0 amide bonds. The third kappa shape index (κ3) is 1.86. The molecule has 0 N–H and O–H groups in total. The molecule has 2 heteroatoms. The Bertz CT molecular complexity index is 233. The van der Waals surface area contributed by atoms with Crippen LogP contribution in [-0.4, -0.2) is 4.87 Å². The van der Waals surface area contributed by atoms with Crippen LogP contribution in [-0.2, 0) is 0 Å². The molecule has 68 valence electrons.